The van der Waals surface area contributed by atoms with E-state index in [-0.39, 0.29) is 0 Å². The smallest absolute Gasteiger partial charge is 0.0449 e. The molecular weight excluding hydrogens is 256 g/mol. The van der Waals surface area contributed by atoms with E-state index in [1.165, 1.54) is 24.9 Å². The fourth-order valence-electron chi connectivity index (χ4n) is 3.29. The molecule has 0 spiro atoms. The second-order valence-electron chi connectivity index (χ2n) is 7.12. The van der Waals surface area contributed by atoms with Gasteiger partial charge in [0.1, 0.15) is 0 Å². The molecule has 1 N–H and O–H groups in total. The van der Waals surface area contributed by atoms with Crippen LogP contribution in [0.25, 0.3) is 0 Å². The van der Waals surface area contributed by atoms with Gasteiger partial charge in [-0.05, 0) is 23.8 Å². The van der Waals surface area contributed by atoms with Gasteiger partial charge in [-0.1, -0.05) is 64.4 Å². The maximum Gasteiger partial charge on any atom is 0.0449 e. The average Bonchev–Trinajstić information content (AvgIpc) is 2.49. The van der Waals surface area contributed by atoms with E-state index >= 15 is 0 Å². The minimum absolute atomic E-state index is 0.485. The molecule has 0 aromatic heterocycles. The van der Waals surface area contributed by atoms with Crippen molar-refractivity contribution in [3.8, 4) is 0 Å². The molecule has 118 valence electrons. The van der Waals surface area contributed by atoms with Gasteiger partial charge in [0.25, 0.3) is 0 Å². The Balaban J connectivity index is 2.05. The molecule has 0 aliphatic carbocycles. The molecule has 2 nitrogen and oxygen atoms in total. The lowest BCUT2D eigenvalue weighted by atomic mass is 9.95. The van der Waals surface area contributed by atoms with E-state index < -0.39 is 0 Å². The average molecular weight is 288 g/mol. The van der Waals surface area contributed by atoms with Crippen LogP contribution in [0.4, 0.5) is 0 Å². The number of benzene rings is 1. The predicted octanol–water partition coefficient (Wildman–Crippen LogP) is 4.09. The van der Waals surface area contributed by atoms with Crippen molar-refractivity contribution in [2.75, 3.05) is 19.6 Å². The quantitative estimate of drug-likeness (QED) is 0.848. The van der Waals surface area contributed by atoms with E-state index in [1.54, 1.807) is 0 Å². The summed E-state index contributed by atoms with van der Waals surface area (Å²) in [6.07, 6.45) is 2.57. The molecule has 1 aromatic rings. The first-order valence-electron chi connectivity index (χ1n) is 8.62. The van der Waals surface area contributed by atoms with Gasteiger partial charge in [0, 0.05) is 31.7 Å². The summed E-state index contributed by atoms with van der Waals surface area (Å²) in [5, 5.41) is 3.77. The summed E-state index contributed by atoms with van der Waals surface area (Å²) < 4.78 is 0. The minimum Gasteiger partial charge on any atom is -0.307 e. The standard InChI is InChI=1S/C19H32N2/c1-5-16(4)13-21-14-19(17-9-7-6-8-10-17)20-12-18(21)11-15(2)3/h6-10,15-16,18-20H,5,11-14H2,1-4H3. The number of nitrogens with one attached hydrogen (secondary N) is 1. The number of hydrogen-bond acceptors (Lipinski definition) is 2. The third kappa shape index (κ3) is 4.82. The van der Waals surface area contributed by atoms with Crippen LogP contribution in [0.5, 0.6) is 0 Å². The van der Waals surface area contributed by atoms with E-state index in [1.807, 2.05) is 0 Å². The number of hydrogen-bond donors (Lipinski definition) is 1. The Morgan fingerprint density at radius 2 is 1.90 bits per heavy atom. The Bertz CT molecular complexity index is 401. The van der Waals surface area contributed by atoms with Gasteiger partial charge in [0.2, 0.25) is 0 Å². The number of rotatable bonds is 6. The third-order valence-corrected chi connectivity index (χ3v) is 4.72. The van der Waals surface area contributed by atoms with Gasteiger partial charge in [-0.2, -0.15) is 0 Å². The van der Waals surface area contributed by atoms with Gasteiger partial charge < -0.3 is 5.32 Å². The summed E-state index contributed by atoms with van der Waals surface area (Å²) in [7, 11) is 0. The van der Waals surface area contributed by atoms with Crippen molar-refractivity contribution >= 4 is 0 Å². The topological polar surface area (TPSA) is 15.3 Å². The zero-order valence-corrected chi connectivity index (χ0v) is 14.2. The van der Waals surface area contributed by atoms with Crippen molar-refractivity contribution < 1.29 is 0 Å². The fourth-order valence-corrected chi connectivity index (χ4v) is 3.29. The van der Waals surface area contributed by atoms with Crippen molar-refractivity contribution in [2.24, 2.45) is 11.8 Å². The highest BCUT2D eigenvalue weighted by Crippen LogP contribution is 2.24. The molecule has 0 amide bonds. The van der Waals surface area contributed by atoms with Gasteiger partial charge in [-0.25, -0.2) is 0 Å². The number of piperazine rings is 1. The van der Waals surface area contributed by atoms with Crippen LogP contribution in [0.15, 0.2) is 30.3 Å². The van der Waals surface area contributed by atoms with E-state index in [2.05, 4.69) is 68.2 Å². The summed E-state index contributed by atoms with van der Waals surface area (Å²) in [5.74, 6) is 1.55. The normalized spacial score (nSPS) is 25.2. The monoisotopic (exact) mass is 288 g/mol. The summed E-state index contributed by atoms with van der Waals surface area (Å²) in [6, 6.07) is 12.1. The lowest BCUT2D eigenvalue weighted by Crippen LogP contribution is -2.54. The van der Waals surface area contributed by atoms with Crippen molar-refractivity contribution in [2.45, 2.75) is 52.6 Å². The predicted molar refractivity (Wildman–Crippen MR) is 91.5 cm³/mol. The second kappa shape index (κ2) is 7.95. The molecule has 2 rings (SSSR count). The molecule has 3 unspecified atom stereocenters. The molecule has 2 heteroatoms. The first-order valence-corrected chi connectivity index (χ1v) is 8.62. The molecule has 21 heavy (non-hydrogen) atoms. The van der Waals surface area contributed by atoms with Crippen LogP contribution in [0.3, 0.4) is 0 Å². The summed E-state index contributed by atoms with van der Waals surface area (Å²) in [5.41, 5.74) is 1.43. The SMILES string of the molecule is CCC(C)CN1CC(c2ccccc2)NCC1CC(C)C. The molecule has 1 aliphatic heterocycles. The Morgan fingerprint density at radius 3 is 2.52 bits per heavy atom. The molecule has 1 saturated heterocycles. The summed E-state index contributed by atoms with van der Waals surface area (Å²) in [6.45, 7) is 12.9. The molecule has 0 radical (unpaired) electrons. The zero-order valence-electron chi connectivity index (χ0n) is 14.2. The lowest BCUT2D eigenvalue weighted by Gasteiger charge is -2.42. The number of nitrogens with zero attached hydrogens (tertiary/aromatic N) is 1. The molecular formula is C19H32N2. The van der Waals surface area contributed by atoms with Gasteiger partial charge in [0.05, 0.1) is 0 Å². The highest BCUT2D eigenvalue weighted by atomic mass is 15.2. The van der Waals surface area contributed by atoms with Gasteiger partial charge in [-0.15, -0.1) is 0 Å². The van der Waals surface area contributed by atoms with Crippen LogP contribution in [0.1, 0.15) is 52.1 Å². The Morgan fingerprint density at radius 1 is 1.19 bits per heavy atom. The van der Waals surface area contributed by atoms with E-state index in [0.29, 0.717) is 12.1 Å². The van der Waals surface area contributed by atoms with Crippen molar-refractivity contribution in [1.82, 2.24) is 10.2 Å². The molecule has 0 saturated carbocycles. The van der Waals surface area contributed by atoms with Crippen molar-refractivity contribution in [3.63, 3.8) is 0 Å². The highest BCUT2D eigenvalue weighted by Gasteiger charge is 2.29. The first-order chi connectivity index (χ1) is 10.1. The molecule has 3 atom stereocenters. The highest BCUT2D eigenvalue weighted by molar-refractivity contribution is 5.20. The molecule has 0 bridgehead atoms. The second-order valence-corrected chi connectivity index (χ2v) is 7.12. The van der Waals surface area contributed by atoms with Crippen LogP contribution >= 0.6 is 0 Å². The molecule has 1 fully saturated rings. The van der Waals surface area contributed by atoms with E-state index in [0.717, 1.165) is 24.9 Å². The Hall–Kier alpha value is -0.860. The summed E-state index contributed by atoms with van der Waals surface area (Å²) in [4.78, 5) is 2.74. The molecule has 1 aromatic carbocycles. The van der Waals surface area contributed by atoms with Crippen molar-refractivity contribution in [3.05, 3.63) is 35.9 Å². The van der Waals surface area contributed by atoms with Gasteiger partial charge in [-0.3, -0.25) is 4.90 Å². The third-order valence-electron chi connectivity index (χ3n) is 4.72. The Labute approximate surface area is 130 Å². The van der Waals surface area contributed by atoms with E-state index in [9.17, 15) is 0 Å². The Kier molecular flexibility index (Phi) is 6.25. The van der Waals surface area contributed by atoms with Crippen molar-refractivity contribution in [1.29, 1.82) is 0 Å². The fraction of sp³-hybridized carbons (Fsp3) is 0.684. The maximum absolute atomic E-state index is 3.77. The van der Waals surface area contributed by atoms with Crippen LogP contribution in [-0.2, 0) is 0 Å². The minimum atomic E-state index is 0.485. The van der Waals surface area contributed by atoms with Crippen LogP contribution in [0, 0.1) is 11.8 Å². The van der Waals surface area contributed by atoms with Gasteiger partial charge >= 0.3 is 0 Å². The maximum atomic E-state index is 3.77. The first kappa shape index (κ1) is 16.5. The van der Waals surface area contributed by atoms with Crippen LogP contribution in [0.2, 0.25) is 0 Å². The van der Waals surface area contributed by atoms with Gasteiger partial charge in [0.15, 0.2) is 0 Å². The summed E-state index contributed by atoms with van der Waals surface area (Å²) >= 11 is 0. The lowest BCUT2D eigenvalue weighted by molar-refractivity contribution is 0.0975. The molecule has 1 heterocycles. The van der Waals surface area contributed by atoms with E-state index in [4.69, 9.17) is 0 Å². The van der Waals surface area contributed by atoms with Crippen LogP contribution < -0.4 is 5.32 Å². The zero-order chi connectivity index (χ0) is 15.2. The van der Waals surface area contributed by atoms with Crippen LogP contribution in [-0.4, -0.2) is 30.6 Å². The largest absolute Gasteiger partial charge is 0.307 e. The molecule has 1 aliphatic rings.